The summed E-state index contributed by atoms with van der Waals surface area (Å²) < 4.78 is 26.1. The maximum Gasteiger partial charge on any atom is 0.240 e. The van der Waals surface area contributed by atoms with Crippen LogP contribution in [0.5, 0.6) is 0 Å². The van der Waals surface area contributed by atoms with Gasteiger partial charge < -0.3 is 10.1 Å². The van der Waals surface area contributed by atoms with Gasteiger partial charge in [0, 0.05) is 47.0 Å². The van der Waals surface area contributed by atoms with Crippen molar-refractivity contribution in [3.05, 3.63) is 90.0 Å². The summed E-state index contributed by atoms with van der Waals surface area (Å²) in [4.78, 5) is 15.6. The molecule has 2 heterocycles. The molecule has 168 valence electrons. The molecule has 0 radical (unpaired) electrons. The number of anilines is 1. The number of rotatable bonds is 8. The van der Waals surface area contributed by atoms with Crippen LogP contribution in [0.1, 0.15) is 11.5 Å². The molecule has 33 heavy (non-hydrogen) atoms. The van der Waals surface area contributed by atoms with E-state index in [-0.39, 0.29) is 11.4 Å². The van der Waals surface area contributed by atoms with Gasteiger partial charge in [-0.25, -0.2) is 18.2 Å². The molecule has 2 aromatic heterocycles. The summed E-state index contributed by atoms with van der Waals surface area (Å²) >= 11 is 6.20. The fraction of sp³-hybridized carbons (Fsp3) is 0.0870. The van der Waals surface area contributed by atoms with Crippen molar-refractivity contribution < 1.29 is 13.2 Å². The molecule has 0 amide bonds. The fourth-order valence-corrected chi connectivity index (χ4v) is 4.43. The number of nitrogens with two attached hydrogens (primary N) is 1. The number of hydrogen-bond donors (Lipinski definition) is 2. The molecule has 1 unspecified atom stereocenters. The number of primary sulfonamides is 1. The summed E-state index contributed by atoms with van der Waals surface area (Å²) in [5.41, 5.74) is 3.10. The highest BCUT2D eigenvalue weighted by molar-refractivity contribution is 7.89. The van der Waals surface area contributed by atoms with Crippen molar-refractivity contribution in [3.63, 3.8) is 0 Å². The van der Waals surface area contributed by atoms with E-state index in [1.54, 1.807) is 67.3 Å². The summed E-state index contributed by atoms with van der Waals surface area (Å²) in [7, 11) is -4.07. The van der Waals surface area contributed by atoms with Crippen LogP contribution >= 0.6 is 11.6 Å². The second kappa shape index (κ2) is 9.53. The monoisotopic (exact) mass is 481 g/mol. The molecular weight excluding hydrogens is 462 g/mol. The zero-order chi connectivity index (χ0) is 23.4. The molecule has 3 N–H and O–H groups in total. The Morgan fingerprint density at radius 2 is 1.91 bits per heavy atom. The number of nitrogens with zero attached hydrogens (tertiary/aromatic N) is 3. The smallest absolute Gasteiger partial charge is 0.240 e. The van der Waals surface area contributed by atoms with E-state index in [0.717, 1.165) is 17.4 Å². The zero-order valence-corrected chi connectivity index (χ0v) is 18.9. The lowest BCUT2D eigenvalue weighted by Gasteiger charge is -2.16. The maximum absolute atomic E-state index is 12.3. The number of halogens is 1. The lowest BCUT2D eigenvalue weighted by Crippen LogP contribution is -2.17. The largest absolute Gasteiger partial charge is 0.384 e. The van der Waals surface area contributed by atoms with Crippen molar-refractivity contribution in [1.29, 1.82) is 0 Å². The minimum absolute atomic E-state index is 0.103. The molecule has 0 bridgehead atoms. The number of aldehydes is 1. The van der Waals surface area contributed by atoms with E-state index >= 15 is 0 Å². The van der Waals surface area contributed by atoms with Crippen molar-refractivity contribution >= 4 is 33.6 Å². The molecule has 4 rings (SSSR count). The van der Waals surface area contributed by atoms with Crippen molar-refractivity contribution in [2.45, 2.75) is 10.8 Å². The highest BCUT2D eigenvalue weighted by atomic mass is 35.5. The van der Waals surface area contributed by atoms with Gasteiger partial charge >= 0.3 is 0 Å². The Balaban J connectivity index is 1.62. The molecule has 4 aromatic rings. The van der Waals surface area contributed by atoms with E-state index in [9.17, 15) is 13.2 Å². The van der Waals surface area contributed by atoms with Crippen LogP contribution in [-0.4, -0.2) is 36.0 Å². The third-order valence-corrected chi connectivity index (χ3v) is 6.37. The number of benzene rings is 2. The first-order valence-electron chi connectivity index (χ1n) is 9.92. The molecule has 8 nitrogen and oxygen atoms in total. The molecule has 0 aliphatic rings. The second-order valence-corrected chi connectivity index (χ2v) is 9.22. The normalized spacial score (nSPS) is 12.3. The van der Waals surface area contributed by atoms with Gasteiger partial charge in [-0.05, 0) is 35.9 Å². The highest BCUT2D eigenvalue weighted by Crippen LogP contribution is 2.27. The molecule has 0 saturated heterocycles. The Bertz CT molecular complexity index is 1390. The lowest BCUT2D eigenvalue weighted by atomic mass is 10.0. The van der Waals surface area contributed by atoms with E-state index in [4.69, 9.17) is 16.7 Å². The van der Waals surface area contributed by atoms with Gasteiger partial charge in [-0.2, -0.15) is 5.10 Å². The van der Waals surface area contributed by atoms with Gasteiger partial charge in [-0.15, -0.1) is 0 Å². The van der Waals surface area contributed by atoms with E-state index in [0.29, 0.717) is 22.0 Å². The summed E-state index contributed by atoms with van der Waals surface area (Å²) in [6.07, 6.45) is 7.48. The number of hydrogen-bond acceptors (Lipinski definition) is 6. The topological polar surface area (TPSA) is 120 Å². The maximum atomic E-state index is 12.3. The van der Waals surface area contributed by atoms with Gasteiger partial charge in [0.25, 0.3) is 0 Å². The standard InChI is InChI=1S/C23H20ClN5O3S/c24-21-6-2-1-5-20(21)18(15-30)12-27-19-7-8-22(23(10-19)33(25,31)32)29-14-17(13-28-29)16-4-3-9-26-11-16/h1-11,13-15,18,27H,12H2,(H2,25,31,32). The van der Waals surface area contributed by atoms with Gasteiger partial charge in [-0.1, -0.05) is 35.9 Å². The summed E-state index contributed by atoms with van der Waals surface area (Å²) in [5.74, 6) is -0.510. The number of carbonyl (C=O) groups is 1. The van der Waals surface area contributed by atoms with Crippen LogP contribution in [-0.2, 0) is 14.8 Å². The van der Waals surface area contributed by atoms with Gasteiger partial charge in [0.1, 0.15) is 11.2 Å². The number of nitrogens with one attached hydrogen (secondary N) is 1. The number of sulfonamides is 1. The minimum atomic E-state index is -4.07. The third kappa shape index (κ3) is 5.11. The predicted molar refractivity (Wildman–Crippen MR) is 127 cm³/mol. The first kappa shape index (κ1) is 22.7. The Morgan fingerprint density at radius 3 is 2.61 bits per heavy atom. The third-order valence-electron chi connectivity index (χ3n) is 5.09. The van der Waals surface area contributed by atoms with Gasteiger partial charge in [0.15, 0.2) is 0 Å². The van der Waals surface area contributed by atoms with Crippen LogP contribution in [0.4, 0.5) is 5.69 Å². The molecular formula is C23H20ClN5O3S. The van der Waals surface area contributed by atoms with Crippen LogP contribution < -0.4 is 10.5 Å². The Kier molecular flexibility index (Phi) is 6.55. The van der Waals surface area contributed by atoms with Crippen molar-refractivity contribution in [3.8, 4) is 16.8 Å². The molecule has 0 fully saturated rings. The Hall–Kier alpha value is -3.53. The average Bonchev–Trinajstić information content (AvgIpc) is 3.31. The Labute approximate surface area is 196 Å². The highest BCUT2D eigenvalue weighted by Gasteiger charge is 2.19. The van der Waals surface area contributed by atoms with E-state index in [1.165, 1.54) is 10.7 Å². The molecule has 0 aliphatic carbocycles. The first-order valence-corrected chi connectivity index (χ1v) is 11.8. The van der Waals surface area contributed by atoms with Crippen molar-refractivity contribution in [2.75, 3.05) is 11.9 Å². The van der Waals surface area contributed by atoms with Crippen LogP contribution in [0.15, 0.2) is 84.3 Å². The summed E-state index contributed by atoms with van der Waals surface area (Å²) in [6.45, 7) is 0.226. The molecule has 1 atom stereocenters. The van der Waals surface area contributed by atoms with Crippen LogP contribution in [0.2, 0.25) is 5.02 Å². The average molecular weight is 482 g/mol. The van der Waals surface area contributed by atoms with Gasteiger partial charge in [0.2, 0.25) is 10.0 Å². The molecule has 10 heteroatoms. The van der Waals surface area contributed by atoms with E-state index < -0.39 is 15.9 Å². The second-order valence-electron chi connectivity index (χ2n) is 7.29. The van der Waals surface area contributed by atoms with Crippen molar-refractivity contribution in [2.24, 2.45) is 5.14 Å². The van der Waals surface area contributed by atoms with Crippen molar-refractivity contribution in [1.82, 2.24) is 14.8 Å². The SMILES string of the molecule is NS(=O)(=O)c1cc(NCC(C=O)c2ccccc2Cl)ccc1-n1cc(-c2cccnc2)cn1. The molecule has 0 saturated carbocycles. The summed E-state index contributed by atoms with van der Waals surface area (Å²) in [5, 5.41) is 13.4. The minimum Gasteiger partial charge on any atom is -0.384 e. The zero-order valence-electron chi connectivity index (χ0n) is 17.3. The van der Waals surface area contributed by atoms with Gasteiger partial charge in [0.05, 0.1) is 17.8 Å². The predicted octanol–water partition coefficient (Wildman–Crippen LogP) is 3.63. The van der Waals surface area contributed by atoms with Crippen LogP contribution in [0, 0.1) is 0 Å². The first-order chi connectivity index (χ1) is 15.9. The molecule has 0 spiro atoms. The quantitative estimate of drug-likeness (QED) is 0.371. The van der Waals surface area contributed by atoms with Crippen LogP contribution in [0.3, 0.4) is 0 Å². The molecule has 0 aliphatic heterocycles. The van der Waals surface area contributed by atoms with Crippen LogP contribution in [0.25, 0.3) is 16.8 Å². The fourth-order valence-electron chi connectivity index (χ4n) is 3.41. The van der Waals surface area contributed by atoms with E-state index in [2.05, 4.69) is 15.4 Å². The number of pyridine rings is 1. The summed E-state index contributed by atoms with van der Waals surface area (Å²) in [6, 6.07) is 15.5. The number of carbonyl (C=O) groups excluding carboxylic acids is 1. The van der Waals surface area contributed by atoms with E-state index in [1.807, 2.05) is 6.07 Å². The lowest BCUT2D eigenvalue weighted by molar-refractivity contribution is -0.108. The number of aromatic nitrogens is 3. The van der Waals surface area contributed by atoms with Gasteiger partial charge in [-0.3, -0.25) is 4.98 Å². The Morgan fingerprint density at radius 1 is 1.09 bits per heavy atom. The molecule has 2 aromatic carbocycles.